The van der Waals surface area contributed by atoms with Crippen LogP contribution in [0.5, 0.6) is 0 Å². The van der Waals surface area contributed by atoms with E-state index in [1.807, 2.05) is 24.0 Å². The summed E-state index contributed by atoms with van der Waals surface area (Å²) >= 11 is 0. The van der Waals surface area contributed by atoms with Crippen LogP contribution in [0.15, 0.2) is 36.4 Å². The molecule has 5 nitrogen and oxygen atoms in total. The van der Waals surface area contributed by atoms with Crippen molar-refractivity contribution in [3.63, 3.8) is 0 Å². The molecule has 2 aromatic carbocycles. The Morgan fingerprint density at radius 2 is 1.83 bits per heavy atom. The zero-order valence-corrected chi connectivity index (χ0v) is 20.2. The number of nitrogens with zero attached hydrogens (tertiary/aromatic N) is 2. The molecule has 0 aliphatic carbocycles. The lowest BCUT2D eigenvalue weighted by Gasteiger charge is -2.44. The predicted octanol–water partition coefficient (Wildman–Crippen LogP) is 4.98. The van der Waals surface area contributed by atoms with Gasteiger partial charge in [-0.2, -0.15) is 0 Å². The van der Waals surface area contributed by atoms with E-state index in [1.54, 1.807) is 0 Å². The molecule has 1 fully saturated rings. The van der Waals surface area contributed by atoms with Crippen LogP contribution < -0.4 is 4.90 Å². The Labute approximate surface area is 203 Å². The zero-order chi connectivity index (χ0) is 25.3. The first kappa shape index (κ1) is 25.3. The highest BCUT2D eigenvalue weighted by Crippen LogP contribution is 2.42. The summed E-state index contributed by atoms with van der Waals surface area (Å²) in [6.07, 6.45) is 2.60. The maximum Gasteiger partial charge on any atom is 0.328 e. The van der Waals surface area contributed by atoms with Crippen LogP contribution in [0.2, 0.25) is 0 Å². The first-order valence-corrected chi connectivity index (χ1v) is 11.8. The van der Waals surface area contributed by atoms with Gasteiger partial charge in [0.1, 0.15) is 17.3 Å². The summed E-state index contributed by atoms with van der Waals surface area (Å²) in [7, 11) is 0. The third-order valence-electron chi connectivity index (χ3n) is 6.56. The van der Waals surface area contributed by atoms with E-state index >= 15 is 8.78 Å². The van der Waals surface area contributed by atoms with Gasteiger partial charge in [-0.05, 0) is 74.2 Å². The number of halogens is 3. The average Bonchev–Trinajstić information content (AvgIpc) is 2.78. The number of benzene rings is 2. The third kappa shape index (κ3) is 5.70. The number of carboxylic acids is 1. The number of ether oxygens (including phenoxy) is 1. The second-order valence-corrected chi connectivity index (χ2v) is 9.90. The Morgan fingerprint density at radius 1 is 1.17 bits per heavy atom. The van der Waals surface area contributed by atoms with Crippen LogP contribution in [-0.4, -0.2) is 60.5 Å². The average molecular weight is 489 g/mol. The van der Waals surface area contributed by atoms with E-state index in [0.717, 1.165) is 54.2 Å². The van der Waals surface area contributed by atoms with Gasteiger partial charge < -0.3 is 14.7 Å². The van der Waals surface area contributed by atoms with Gasteiger partial charge in [0.15, 0.2) is 0 Å². The minimum absolute atomic E-state index is 0.00301. The topological polar surface area (TPSA) is 53.0 Å². The molecule has 0 unspecified atom stereocenters. The van der Waals surface area contributed by atoms with Gasteiger partial charge in [-0.3, -0.25) is 4.90 Å². The Balaban J connectivity index is 1.81. The van der Waals surface area contributed by atoms with E-state index in [-0.39, 0.29) is 23.7 Å². The molecule has 8 heteroatoms. The summed E-state index contributed by atoms with van der Waals surface area (Å²) in [5, 5.41) is 8.84. The van der Waals surface area contributed by atoms with E-state index in [2.05, 4.69) is 11.0 Å². The molecule has 0 spiro atoms. The Kier molecular flexibility index (Phi) is 7.24. The van der Waals surface area contributed by atoms with Crippen LogP contribution in [0.1, 0.15) is 49.1 Å². The van der Waals surface area contributed by atoms with E-state index in [9.17, 15) is 9.18 Å². The summed E-state index contributed by atoms with van der Waals surface area (Å²) in [4.78, 5) is 14.9. The second kappa shape index (κ2) is 10.0. The molecule has 0 amide bonds. The Bertz CT molecular complexity index is 1100. The van der Waals surface area contributed by atoms with Gasteiger partial charge in [0, 0.05) is 43.0 Å². The number of morpholine rings is 1. The van der Waals surface area contributed by atoms with Crippen molar-refractivity contribution in [1.29, 1.82) is 0 Å². The molecule has 35 heavy (non-hydrogen) atoms. The minimum Gasteiger partial charge on any atom is -0.478 e. The van der Waals surface area contributed by atoms with Crippen molar-refractivity contribution in [3.05, 3.63) is 70.3 Å². The van der Waals surface area contributed by atoms with Crippen molar-refractivity contribution in [1.82, 2.24) is 4.90 Å². The molecule has 1 saturated heterocycles. The summed E-state index contributed by atoms with van der Waals surface area (Å²) < 4.78 is 51.2. The molecule has 4 rings (SSSR count). The number of hydrogen-bond donors (Lipinski definition) is 1. The van der Waals surface area contributed by atoms with Crippen molar-refractivity contribution in [2.75, 3.05) is 37.7 Å². The number of fused-ring (bicyclic) bond motifs is 1. The van der Waals surface area contributed by atoms with Crippen LogP contribution >= 0.6 is 0 Å². The van der Waals surface area contributed by atoms with Crippen molar-refractivity contribution < 1.29 is 27.8 Å². The van der Waals surface area contributed by atoms with Crippen molar-refractivity contribution in [2.24, 2.45) is 0 Å². The van der Waals surface area contributed by atoms with Crippen LogP contribution in [0.4, 0.5) is 18.9 Å². The van der Waals surface area contributed by atoms with E-state index in [0.29, 0.717) is 19.6 Å². The van der Waals surface area contributed by atoms with Crippen molar-refractivity contribution in [3.8, 4) is 0 Å². The third-order valence-corrected chi connectivity index (χ3v) is 6.56. The summed E-state index contributed by atoms with van der Waals surface area (Å²) in [5.41, 5.74) is 1.13. The summed E-state index contributed by atoms with van der Waals surface area (Å²) in [5.74, 6) is -2.80. The Hall–Kier alpha value is -2.84. The number of carbonyl (C=O) groups is 1. The lowest BCUT2D eigenvalue weighted by molar-refractivity contribution is -0.131. The molecule has 2 atom stereocenters. The van der Waals surface area contributed by atoms with Crippen LogP contribution in [0.3, 0.4) is 0 Å². The molecule has 2 aliphatic rings. The maximum atomic E-state index is 15.5. The molecule has 0 saturated carbocycles. The zero-order valence-electron chi connectivity index (χ0n) is 20.2. The normalized spacial score (nSPS) is 21.4. The second-order valence-electron chi connectivity index (χ2n) is 9.90. The van der Waals surface area contributed by atoms with E-state index in [4.69, 9.17) is 9.84 Å². The lowest BCUT2D eigenvalue weighted by atomic mass is 9.83. The molecule has 0 aromatic heterocycles. The lowest BCUT2D eigenvalue weighted by Crippen LogP contribution is -2.48. The highest BCUT2D eigenvalue weighted by molar-refractivity contribution is 5.85. The molecule has 188 valence electrons. The number of rotatable bonds is 6. The molecule has 2 heterocycles. The number of carboxylic acid groups (broad SMARTS) is 1. The quantitative estimate of drug-likeness (QED) is 0.581. The fraction of sp³-hybridized carbons (Fsp3) is 0.444. The van der Waals surface area contributed by atoms with Crippen LogP contribution in [0, 0.1) is 11.6 Å². The molecule has 0 bridgehead atoms. The SMILES string of the molecule is C[C@H]1Cc2cc(N3CCOCC3)ccc2[C@H](c2c(F)cc(/C=C/C(=O)O)cc2F)N1CC(C)(C)F. The monoisotopic (exact) mass is 488 g/mol. The van der Waals surface area contributed by atoms with Gasteiger partial charge >= 0.3 is 5.97 Å². The molecule has 0 radical (unpaired) electrons. The summed E-state index contributed by atoms with van der Waals surface area (Å²) in [6, 6.07) is 7.18. The molecular weight excluding hydrogens is 457 g/mol. The number of anilines is 1. The summed E-state index contributed by atoms with van der Waals surface area (Å²) in [6.45, 7) is 7.71. The maximum absolute atomic E-state index is 15.5. The highest BCUT2D eigenvalue weighted by atomic mass is 19.1. The highest BCUT2D eigenvalue weighted by Gasteiger charge is 2.39. The molecule has 2 aromatic rings. The van der Waals surface area contributed by atoms with Crippen LogP contribution in [0.25, 0.3) is 6.08 Å². The van der Waals surface area contributed by atoms with Gasteiger partial charge in [-0.1, -0.05) is 6.07 Å². The van der Waals surface area contributed by atoms with Gasteiger partial charge in [-0.25, -0.2) is 18.0 Å². The number of aliphatic carboxylic acids is 1. The van der Waals surface area contributed by atoms with E-state index in [1.165, 1.54) is 13.8 Å². The minimum atomic E-state index is -1.57. The predicted molar refractivity (Wildman–Crippen MR) is 129 cm³/mol. The van der Waals surface area contributed by atoms with Gasteiger partial charge in [0.2, 0.25) is 0 Å². The largest absolute Gasteiger partial charge is 0.478 e. The molecule has 2 aliphatic heterocycles. The smallest absolute Gasteiger partial charge is 0.328 e. The fourth-order valence-electron chi connectivity index (χ4n) is 5.05. The van der Waals surface area contributed by atoms with Gasteiger partial charge in [0.05, 0.1) is 19.3 Å². The Morgan fingerprint density at radius 3 is 2.43 bits per heavy atom. The van der Waals surface area contributed by atoms with E-state index < -0.39 is 29.3 Å². The van der Waals surface area contributed by atoms with Crippen LogP contribution in [-0.2, 0) is 16.0 Å². The van der Waals surface area contributed by atoms with Gasteiger partial charge in [0.25, 0.3) is 0 Å². The first-order valence-electron chi connectivity index (χ1n) is 11.8. The standard InChI is InChI=1S/C27H31F3N2O3/c1-17-12-19-15-20(31-8-10-35-11-9-31)5-6-21(19)26(32(17)16-27(2,3)30)25-22(28)13-18(14-23(25)29)4-7-24(33)34/h4-7,13-15,17,26H,8-12,16H2,1-3H3,(H,33,34)/b7-4+/t17-,26+/m0/s1. The molecular formula is C27H31F3N2O3. The first-order chi connectivity index (χ1) is 16.5. The number of alkyl halides is 1. The number of hydrogen-bond acceptors (Lipinski definition) is 4. The molecule has 1 N–H and O–H groups in total. The van der Waals surface area contributed by atoms with Crippen molar-refractivity contribution >= 4 is 17.7 Å². The fourth-order valence-corrected chi connectivity index (χ4v) is 5.05. The van der Waals surface area contributed by atoms with Gasteiger partial charge in [-0.15, -0.1) is 0 Å². The van der Waals surface area contributed by atoms with Crippen molar-refractivity contribution in [2.45, 2.75) is 44.9 Å².